The van der Waals surface area contributed by atoms with Crippen molar-refractivity contribution >= 4 is 17.3 Å². The summed E-state index contributed by atoms with van der Waals surface area (Å²) >= 11 is 1.61. The van der Waals surface area contributed by atoms with Gasteiger partial charge in [0.1, 0.15) is 11.9 Å². The molecule has 1 aromatic heterocycles. The van der Waals surface area contributed by atoms with Gasteiger partial charge in [-0.2, -0.15) is 11.3 Å². The fourth-order valence-corrected chi connectivity index (χ4v) is 5.03. The monoisotopic (exact) mass is 400 g/mol. The van der Waals surface area contributed by atoms with Gasteiger partial charge in [-0.3, -0.25) is 0 Å². The predicted octanol–water partition coefficient (Wildman–Crippen LogP) is 3.30. The fourth-order valence-electron chi connectivity index (χ4n) is 4.35. The van der Waals surface area contributed by atoms with Crippen LogP contribution in [0.1, 0.15) is 34.3 Å². The quantitative estimate of drug-likeness (QED) is 0.671. The van der Waals surface area contributed by atoms with Crippen molar-refractivity contribution in [1.82, 2.24) is 0 Å². The van der Waals surface area contributed by atoms with Crippen molar-refractivity contribution in [1.29, 1.82) is 0 Å². The van der Waals surface area contributed by atoms with Crippen LogP contribution in [0.25, 0.3) is 0 Å². The van der Waals surface area contributed by atoms with Gasteiger partial charge in [-0.05, 0) is 52.9 Å². The van der Waals surface area contributed by atoms with Gasteiger partial charge in [0.05, 0.1) is 17.8 Å². The number of carboxylic acid groups (broad SMARTS) is 1. The Morgan fingerprint density at radius 1 is 1.36 bits per heavy atom. The van der Waals surface area contributed by atoms with Crippen LogP contribution in [0.4, 0.5) is 0 Å². The van der Waals surface area contributed by atoms with Gasteiger partial charge in [-0.25, -0.2) is 4.79 Å². The second kappa shape index (κ2) is 8.07. The second-order valence-electron chi connectivity index (χ2n) is 7.65. The van der Waals surface area contributed by atoms with Crippen LogP contribution in [0.5, 0.6) is 5.75 Å². The third-order valence-electron chi connectivity index (χ3n) is 5.81. The number of rotatable bonds is 5. The zero-order chi connectivity index (χ0) is 19.7. The number of aliphatic hydroxyl groups is 2. The summed E-state index contributed by atoms with van der Waals surface area (Å²) in [5.41, 5.74) is 2.33. The Morgan fingerprint density at radius 3 is 2.96 bits per heavy atom. The molecule has 0 radical (unpaired) electrons. The van der Waals surface area contributed by atoms with Crippen LogP contribution in [0, 0.1) is 11.8 Å². The topological polar surface area (TPSA) is 87.0 Å². The lowest BCUT2D eigenvalue weighted by atomic mass is 9.88. The lowest BCUT2D eigenvalue weighted by Gasteiger charge is -2.21. The Balaban J connectivity index is 1.47. The molecule has 1 aromatic carbocycles. The van der Waals surface area contributed by atoms with Crippen molar-refractivity contribution < 1.29 is 24.9 Å². The summed E-state index contributed by atoms with van der Waals surface area (Å²) in [5, 5.41) is 34.1. The fraction of sp³-hybridized carbons (Fsp3) is 0.409. The number of carboxylic acids is 1. The summed E-state index contributed by atoms with van der Waals surface area (Å²) in [6.07, 6.45) is 5.19. The van der Waals surface area contributed by atoms with Crippen molar-refractivity contribution in [3.05, 3.63) is 63.9 Å². The summed E-state index contributed by atoms with van der Waals surface area (Å²) in [6, 6.07) is 7.02. The van der Waals surface area contributed by atoms with E-state index in [0.29, 0.717) is 18.6 Å². The number of hydrogen-bond donors (Lipinski definition) is 3. The molecule has 0 bridgehead atoms. The Labute approximate surface area is 167 Å². The minimum absolute atomic E-state index is 0.0737. The van der Waals surface area contributed by atoms with Crippen LogP contribution < -0.4 is 4.74 Å². The molecule has 6 heteroatoms. The van der Waals surface area contributed by atoms with E-state index in [-0.39, 0.29) is 23.5 Å². The molecule has 1 aliphatic heterocycles. The van der Waals surface area contributed by atoms with Gasteiger partial charge in [0.2, 0.25) is 0 Å². The van der Waals surface area contributed by atoms with Crippen molar-refractivity contribution in [3.63, 3.8) is 0 Å². The van der Waals surface area contributed by atoms with Crippen LogP contribution in [-0.2, 0) is 12.8 Å². The molecule has 1 saturated carbocycles. The first-order valence-corrected chi connectivity index (χ1v) is 10.5. The summed E-state index contributed by atoms with van der Waals surface area (Å²) in [7, 11) is 0. The van der Waals surface area contributed by atoms with Crippen molar-refractivity contribution in [3.8, 4) is 5.75 Å². The highest BCUT2D eigenvalue weighted by molar-refractivity contribution is 7.07. The maximum atomic E-state index is 11.2. The van der Waals surface area contributed by atoms with Crippen LogP contribution in [-0.4, -0.2) is 39.6 Å². The highest BCUT2D eigenvalue weighted by atomic mass is 32.1. The van der Waals surface area contributed by atoms with E-state index in [4.69, 9.17) is 4.74 Å². The number of hydrogen-bond acceptors (Lipinski definition) is 5. The second-order valence-corrected chi connectivity index (χ2v) is 8.43. The molecule has 0 unspecified atom stereocenters. The number of benzene rings is 1. The van der Waals surface area contributed by atoms with Crippen molar-refractivity contribution in [2.75, 3.05) is 0 Å². The van der Waals surface area contributed by atoms with Crippen LogP contribution in [0.3, 0.4) is 0 Å². The van der Waals surface area contributed by atoms with Gasteiger partial charge in [-0.1, -0.05) is 18.2 Å². The Kier molecular flexibility index (Phi) is 5.53. The number of fused-ring (bicyclic) bond motifs is 2. The summed E-state index contributed by atoms with van der Waals surface area (Å²) in [6.45, 7) is 0. The van der Waals surface area contributed by atoms with E-state index in [9.17, 15) is 20.1 Å². The first-order valence-electron chi connectivity index (χ1n) is 9.59. The molecule has 0 amide bonds. The first kappa shape index (κ1) is 19.2. The van der Waals surface area contributed by atoms with Crippen LogP contribution >= 0.6 is 11.3 Å². The zero-order valence-electron chi connectivity index (χ0n) is 15.4. The number of aliphatic hydroxyl groups excluding tert-OH is 2. The smallest absolute Gasteiger partial charge is 0.335 e. The molecule has 0 spiro atoms. The molecule has 4 rings (SSSR count). The average Bonchev–Trinajstić information content (AvgIpc) is 3.22. The summed E-state index contributed by atoms with van der Waals surface area (Å²) < 4.78 is 6.15. The van der Waals surface area contributed by atoms with Gasteiger partial charge < -0.3 is 20.1 Å². The van der Waals surface area contributed by atoms with E-state index in [1.807, 2.05) is 29.0 Å². The van der Waals surface area contributed by atoms with E-state index < -0.39 is 18.2 Å². The highest BCUT2D eigenvalue weighted by Crippen LogP contribution is 2.42. The van der Waals surface area contributed by atoms with E-state index >= 15 is 0 Å². The van der Waals surface area contributed by atoms with E-state index in [0.717, 1.165) is 24.0 Å². The molecule has 3 N–H and O–H groups in total. The van der Waals surface area contributed by atoms with Gasteiger partial charge in [0.15, 0.2) is 0 Å². The lowest BCUT2D eigenvalue weighted by Crippen LogP contribution is -2.24. The normalized spacial score (nSPS) is 27.6. The standard InChI is InChI=1S/C22H24O5S/c23-16(9-13-7-8-28-12-13)4-6-17-18-5-3-14-1-2-15(22(25)26)10-20(14)27-21(18)11-19(17)24/h1-2,4,6-8,10,12,16-19,21,23-24H,3,5,9,11H2,(H,25,26)/b6-4+/t16-,17-,18-,19-,21+/m1/s1. The molecule has 2 heterocycles. The Hall–Kier alpha value is -2.15. The number of aromatic carboxylic acids is 1. The molecule has 5 nitrogen and oxygen atoms in total. The third kappa shape index (κ3) is 3.99. The highest BCUT2D eigenvalue weighted by Gasteiger charge is 2.43. The summed E-state index contributed by atoms with van der Waals surface area (Å²) in [4.78, 5) is 11.2. The Morgan fingerprint density at radius 2 is 2.21 bits per heavy atom. The van der Waals surface area contributed by atoms with Gasteiger partial charge in [0.25, 0.3) is 0 Å². The van der Waals surface area contributed by atoms with E-state index in [2.05, 4.69) is 0 Å². The number of carbonyl (C=O) groups is 1. The molecule has 148 valence electrons. The molecule has 28 heavy (non-hydrogen) atoms. The molecule has 1 aliphatic carbocycles. The minimum atomic E-state index is -0.973. The maximum Gasteiger partial charge on any atom is 0.335 e. The van der Waals surface area contributed by atoms with E-state index in [1.165, 1.54) is 0 Å². The van der Waals surface area contributed by atoms with Crippen LogP contribution in [0.15, 0.2) is 47.2 Å². The molecular formula is C22H24O5S. The van der Waals surface area contributed by atoms with Crippen molar-refractivity contribution in [2.45, 2.75) is 44.0 Å². The number of thiophene rings is 1. The first-order chi connectivity index (χ1) is 13.5. The number of ether oxygens (including phenoxy) is 1. The van der Waals surface area contributed by atoms with Gasteiger partial charge in [0, 0.05) is 24.7 Å². The third-order valence-corrected chi connectivity index (χ3v) is 6.54. The molecular weight excluding hydrogens is 376 g/mol. The van der Waals surface area contributed by atoms with Crippen molar-refractivity contribution in [2.24, 2.45) is 11.8 Å². The minimum Gasteiger partial charge on any atom is -0.490 e. The number of aryl methyl sites for hydroxylation is 1. The SMILES string of the molecule is O=C(O)c1ccc2c(c1)O[C@H]1C[C@@H](O)[C@H](/C=C/[C@@H](O)Cc3ccsc3)[C@H]1CC2. The van der Waals surface area contributed by atoms with E-state index in [1.54, 1.807) is 29.5 Å². The Bertz CT molecular complexity index is 860. The zero-order valence-corrected chi connectivity index (χ0v) is 16.2. The molecule has 1 fully saturated rings. The molecule has 2 aliphatic rings. The lowest BCUT2D eigenvalue weighted by molar-refractivity contribution is 0.0695. The average molecular weight is 400 g/mol. The maximum absolute atomic E-state index is 11.2. The largest absolute Gasteiger partial charge is 0.490 e. The molecule has 0 saturated heterocycles. The molecule has 5 atom stereocenters. The van der Waals surface area contributed by atoms with Crippen LogP contribution in [0.2, 0.25) is 0 Å². The summed E-state index contributed by atoms with van der Waals surface area (Å²) in [5.74, 6) is -0.295. The van der Waals surface area contributed by atoms with Gasteiger partial charge in [-0.15, -0.1) is 0 Å². The van der Waals surface area contributed by atoms with Gasteiger partial charge >= 0.3 is 5.97 Å². The molecule has 2 aromatic rings. The predicted molar refractivity (Wildman–Crippen MR) is 107 cm³/mol.